The molecule has 0 nitrogen and oxygen atoms in total. The number of hydrogen-bond acceptors (Lipinski definition) is 0. The van der Waals surface area contributed by atoms with E-state index in [-0.39, 0.29) is 0 Å². The third kappa shape index (κ3) is 16.2. The van der Waals surface area contributed by atoms with E-state index < -0.39 is 0 Å². The van der Waals surface area contributed by atoms with Gasteiger partial charge in [0, 0.05) is 10.2 Å². The van der Waals surface area contributed by atoms with Gasteiger partial charge in [0.15, 0.2) is 0 Å². The Kier molecular flexibility index (Phi) is 16.4. The summed E-state index contributed by atoms with van der Waals surface area (Å²) in [6.45, 7) is 2.29. The average Bonchev–Trinajstić information content (AvgIpc) is 2.35. The van der Waals surface area contributed by atoms with Crippen LogP contribution >= 0.6 is 0 Å². The van der Waals surface area contributed by atoms with Crippen molar-refractivity contribution in [1.82, 2.24) is 0 Å². The molecule has 1 radical (unpaired) electrons. The highest BCUT2D eigenvalue weighted by Gasteiger charge is 1.93. The normalized spacial score (nSPS) is 10.9. The lowest BCUT2D eigenvalue weighted by molar-refractivity contribution is 0.538. The molecule has 0 aromatic heterocycles. The maximum Gasteiger partial charge on any atom is 0.00797 e. The molecular weight excluding hydrogens is 220 g/mol. The fraction of sp³-hybridized carbons (Fsp3) is 1.00. The van der Waals surface area contributed by atoms with Crippen LogP contribution in [0.5, 0.6) is 0 Å². The monoisotopic (exact) mass is 255 g/mol. The molecular formula is C16H35Si. The van der Waals surface area contributed by atoms with Crippen LogP contribution in [0.2, 0.25) is 6.04 Å². The van der Waals surface area contributed by atoms with Crippen molar-refractivity contribution in [2.45, 2.75) is 103 Å². The Bertz CT molecular complexity index is 109. The molecule has 0 bridgehead atoms. The fourth-order valence-electron chi connectivity index (χ4n) is 2.37. The zero-order valence-corrected chi connectivity index (χ0v) is 13.7. The number of rotatable bonds is 14. The molecule has 103 valence electrons. The van der Waals surface area contributed by atoms with Gasteiger partial charge in [-0.2, -0.15) is 0 Å². The van der Waals surface area contributed by atoms with Gasteiger partial charge in [0.2, 0.25) is 0 Å². The quantitative estimate of drug-likeness (QED) is 0.283. The van der Waals surface area contributed by atoms with Gasteiger partial charge in [-0.25, -0.2) is 0 Å². The van der Waals surface area contributed by atoms with Gasteiger partial charge >= 0.3 is 0 Å². The molecule has 1 heteroatoms. The molecule has 0 atom stereocenters. The Hall–Kier alpha value is 0.217. The van der Waals surface area contributed by atoms with Crippen LogP contribution in [0.25, 0.3) is 0 Å². The molecule has 0 rings (SSSR count). The van der Waals surface area contributed by atoms with Crippen molar-refractivity contribution in [3.8, 4) is 0 Å². The van der Waals surface area contributed by atoms with Crippen LogP contribution < -0.4 is 0 Å². The van der Waals surface area contributed by atoms with Gasteiger partial charge < -0.3 is 0 Å². The van der Waals surface area contributed by atoms with Crippen LogP contribution in [0, 0.1) is 0 Å². The van der Waals surface area contributed by atoms with Crippen LogP contribution in [0.15, 0.2) is 0 Å². The molecule has 0 unspecified atom stereocenters. The van der Waals surface area contributed by atoms with Crippen LogP contribution in [0.1, 0.15) is 96.8 Å². The lowest BCUT2D eigenvalue weighted by Crippen LogP contribution is -1.83. The summed E-state index contributed by atoms with van der Waals surface area (Å²) in [5, 5.41) is 0. The molecule has 0 fully saturated rings. The van der Waals surface area contributed by atoms with E-state index in [4.69, 9.17) is 0 Å². The third-order valence-electron chi connectivity index (χ3n) is 3.60. The van der Waals surface area contributed by atoms with Gasteiger partial charge in [-0.05, 0) is 0 Å². The largest absolute Gasteiger partial charge is 0.0654 e. The van der Waals surface area contributed by atoms with Crippen LogP contribution in [-0.4, -0.2) is 10.2 Å². The van der Waals surface area contributed by atoms with Gasteiger partial charge in [-0.3, -0.25) is 0 Å². The molecule has 0 amide bonds. The minimum Gasteiger partial charge on any atom is -0.0654 e. The summed E-state index contributed by atoms with van der Waals surface area (Å²) in [5.74, 6) is 0. The minimum atomic E-state index is 1.37. The second-order valence-electron chi connectivity index (χ2n) is 5.45. The molecule has 0 spiro atoms. The first-order valence-electron chi connectivity index (χ1n) is 8.21. The average molecular weight is 256 g/mol. The summed E-state index contributed by atoms with van der Waals surface area (Å²) >= 11 is 0. The van der Waals surface area contributed by atoms with Gasteiger partial charge in [0.1, 0.15) is 0 Å². The lowest BCUT2D eigenvalue weighted by atomic mass is 10.0. The summed E-state index contributed by atoms with van der Waals surface area (Å²) < 4.78 is 0. The van der Waals surface area contributed by atoms with Crippen molar-refractivity contribution in [3.63, 3.8) is 0 Å². The maximum atomic E-state index is 2.29. The maximum absolute atomic E-state index is 2.29. The fourth-order valence-corrected chi connectivity index (χ4v) is 2.72. The first kappa shape index (κ1) is 17.2. The van der Waals surface area contributed by atoms with Crippen molar-refractivity contribution in [2.24, 2.45) is 0 Å². The smallest absolute Gasteiger partial charge is 0.00797 e. The molecule has 0 saturated heterocycles. The third-order valence-corrected chi connectivity index (χ3v) is 4.10. The molecule has 0 aromatic carbocycles. The van der Waals surface area contributed by atoms with E-state index in [1.165, 1.54) is 95.9 Å². The molecule has 17 heavy (non-hydrogen) atoms. The van der Waals surface area contributed by atoms with E-state index >= 15 is 0 Å². The number of unbranched alkanes of at least 4 members (excludes halogenated alkanes) is 13. The minimum absolute atomic E-state index is 1.37. The predicted molar refractivity (Wildman–Crippen MR) is 83.7 cm³/mol. The zero-order valence-electron chi connectivity index (χ0n) is 12.3. The van der Waals surface area contributed by atoms with Crippen LogP contribution in [0.3, 0.4) is 0 Å². The Morgan fingerprint density at radius 2 is 0.765 bits per heavy atom. The first-order valence-corrected chi connectivity index (χ1v) is 9.21. The van der Waals surface area contributed by atoms with E-state index in [2.05, 4.69) is 17.2 Å². The topological polar surface area (TPSA) is 0 Å². The summed E-state index contributed by atoms with van der Waals surface area (Å²) in [5.41, 5.74) is 0. The van der Waals surface area contributed by atoms with Gasteiger partial charge in [0.05, 0.1) is 0 Å². The Balaban J connectivity index is 2.85. The van der Waals surface area contributed by atoms with Crippen molar-refractivity contribution in [1.29, 1.82) is 0 Å². The van der Waals surface area contributed by atoms with Crippen LogP contribution in [-0.2, 0) is 0 Å². The summed E-state index contributed by atoms with van der Waals surface area (Å²) in [7, 11) is 2.12. The second-order valence-corrected chi connectivity index (χ2v) is 6.16. The second kappa shape index (κ2) is 16.2. The summed E-state index contributed by atoms with van der Waals surface area (Å²) in [6.07, 6.45) is 20.6. The Labute approximate surface area is 113 Å². The van der Waals surface area contributed by atoms with E-state index in [0.717, 1.165) is 0 Å². The van der Waals surface area contributed by atoms with E-state index in [0.29, 0.717) is 0 Å². The molecule has 0 aliphatic carbocycles. The van der Waals surface area contributed by atoms with Crippen molar-refractivity contribution in [2.75, 3.05) is 0 Å². The standard InChI is InChI=1S/C16H35Si/c1-2-3-4-5-6-7-8-9-10-11-12-13-14-15-16-17/h2-17H2,1H3. The Morgan fingerprint density at radius 3 is 1.06 bits per heavy atom. The first-order chi connectivity index (χ1) is 8.41. The molecule has 0 aliphatic heterocycles. The SMILES string of the molecule is CCCCCCCCCCCCCCCC[SiH2]. The Morgan fingerprint density at radius 1 is 0.471 bits per heavy atom. The molecule has 0 N–H and O–H groups in total. The van der Waals surface area contributed by atoms with Crippen molar-refractivity contribution in [3.05, 3.63) is 0 Å². The lowest BCUT2D eigenvalue weighted by Gasteiger charge is -2.02. The van der Waals surface area contributed by atoms with Gasteiger partial charge in [0.25, 0.3) is 0 Å². The van der Waals surface area contributed by atoms with E-state index in [1.54, 1.807) is 0 Å². The molecule has 0 aliphatic rings. The molecule has 0 saturated carbocycles. The van der Waals surface area contributed by atoms with E-state index in [1.807, 2.05) is 0 Å². The van der Waals surface area contributed by atoms with E-state index in [9.17, 15) is 0 Å². The van der Waals surface area contributed by atoms with Crippen molar-refractivity contribution >= 4 is 10.2 Å². The summed E-state index contributed by atoms with van der Waals surface area (Å²) in [4.78, 5) is 0. The number of hydrogen-bond donors (Lipinski definition) is 0. The highest BCUT2D eigenvalue weighted by Crippen LogP contribution is 2.12. The van der Waals surface area contributed by atoms with Gasteiger partial charge in [-0.15, -0.1) is 0 Å². The highest BCUT2D eigenvalue weighted by atomic mass is 28.1. The van der Waals surface area contributed by atoms with Gasteiger partial charge in [-0.1, -0.05) is 103 Å². The molecule has 0 heterocycles. The highest BCUT2D eigenvalue weighted by molar-refractivity contribution is 6.08. The molecule has 0 aromatic rings. The summed E-state index contributed by atoms with van der Waals surface area (Å²) in [6, 6.07) is 1.40. The zero-order chi connectivity index (χ0) is 12.6. The predicted octanol–water partition coefficient (Wildman–Crippen LogP) is 5.52. The van der Waals surface area contributed by atoms with Crippen LogP contribution in [0.4, 0.5) is 0 Å². The van der Waals surface area contributed by atoms with Crippen molar-refractivity contribution < 1.29 is 0 Å².